The Kier molecular flexibility index (Phi) is 4.52. The molecule has 1 rings (SSSR count). The number of benzene rings is 1. The van der Waals surface area contributed by atoms with Crippen molar-refractivity contribution in [2.24, 2.45) is 5.73 Å². The topological polar surface area (TPSA) is 55.1 Å². The highest BCUT2D eigenvalue weighted by molar-refractivity contribution is 6.31. The summed E-state index contributed by atoms with van der Waals surface area (Å²) < 4.78 is 13.3. The van der Waals surface area contributed by atoms with E-state index in [-0.39, 0.29) is 10.6 Å². The van der Waals surface area contributed by atoms with Crippen LogP contribution in [0.15, 0.2) is 18.2 Å². The average Bonchev–Trinajstić information content (AvgIpc) is 2.22. The molecule has 0 saturated heterocycles. The Morgan fingerprint density at radius 3 is 2.93 bits per heavy atom. The highest BCUT2D eigenvalue weighted by Gasteiger charge is 2.12. The predicted octanol–water partition coefficient (Wildman–Crippen LogP) is 1.56. The van der Waals surface area contributed by atoms with Crippen LogP contribution in [-0.4, -0.2) is 19.0 Å². The third-order valence-corrected chi connectivity index (χ3v) is 2.15. The standard InChI is InChI=1S/C10H12ClFN2O/c11-8-4-1-3-7(9(8)12)10(15)14-6-2-5-13/h1,3-4H,2,5-6,13H2,(H,14,15). The van der Waals surface area contributed by atoms with E-state index in [9.17, 15) is 9.18 Å². The van der Waals surface area contributed by atoms with Gasteiger partial charge in [0, 0.05) is 6.54 Å². The van der Waals surface area contributed by atoms with Crippen molar-refractivity contribution in [1.29, 1.82) is 0 Å². The van der Waals surface area contributed by atoms with Crippen molar-refractivity contribution in [3.63, 3.8) is 0 Å². The fourth-order valence-electron chi connectivity index (χ4n) is 1.08. The lowest BCUT2D eigenvalue weighted by Crippen LogP contribution is -2.26. The Balaban J connectivity index is 2.69. The van der Waals surface area contributed by atoms with Gasteiger partial charge >= 0.3 is 0 Å². The number of rotatable bonds is 4. The first-order chi connectivity index (χ1) is 7.16. The summed E-state index contributed by atoms with van der Waals surface area (Å²) in [7, 11) is 0. The Morgan fingerprint density at radius 1 is 1.53 bits per heavy atom. The molecule has 1 aromatic rings. The third-order valence-electron chi connectivity index (χ3n) is 1.86. The molecule has 0 spiro atoms. The first-order valence-corrected chi connectivity index (χ1v) is 4.97. The summed E-state index contributed by atoms with van der Waals surface area (Å²) in [5, 5.41) is 2.50. The number of amides is 1. The molecule has 3 N–H and O–H groups in total. The first-order valence-electron chi connectivity index (χ1n) is 4.59. The number of nitrogens with two attached hydrogens (primary N) is 1. The largest absolute Gasteiger partial charge is 0.352 e. The minimum Gasteiger partial charge on any atom is -0.352 e. The maximum atomic E-state index is 13.3. The van der Waals surface area contributed by atoms with Crippen molar-refractivity contribution in [3.8, 4) is 0 Å². The van der Waals surface area contributed by atoms with E-state index in [0.717, 1.165) is 0 Å². The number of halogens is 2. The van der Waals surface area contributed by atoms with Crippen molar-refractivity contribution in [2.75, 3.05) is 13.1 Å². The molecule has 0 aliphatic heterocycles. The van der Waals surface area contributed by atoms with Gasteiger partial charge in [-0.05, 0) is 25.1 Å². The summed E-state index contributed by atoms with van der Waals surface area (Å²) in [5.74, 6) is -1.16. The van der Waals surface area contributed by atoms with E-state index in [1.54, 1.807) is 0 Å². The Bertz CT molecular complexity index is 357. The van der Waals surface area contributed by atoms with Crippen molar-refractivity contribution in [2.45, 2.75) is 6.42 Å². The van der Waals surface area contributed by atoms with Gasteiger partial charge in [-0.1, -0.05) is 17.7 Å². The molecule has 0 radical (unpaired) electrons. The molecule has 0 fully saturated rings. The molecule has 1 amide bonds. The van der Waals surface area contributed by atoms with Crippen LogP contribution in [0.25, 0.3) is 0 Å². The summed E-state index contributed by atoms with van der Waals surface area (Å²) in [5.41, 5.74) is 5.22. The smallest absolute Gasteiger partial charge is 0.254 e. The number of hydrogen-bond acceptors (Lipinski definition) is 2. The van der Waals surface area contributed by atoms with Crippen LogP contribution in [-0.2, 0) is 0 Å². The van der Waals surface area contributed by atoms with Gasteiger partial charge in [-0.3, -0.25) is 4.79 Å². The minimum atomic E-state index is -0.690. The zero-order chi connectivity index (χ0) is 11.3. The molecule has 0 aromatic heterocycles. The van der Waals surface area contributed by atoms with E-state index >= 15 is 0 Å². The van der Waals surface area contributed by atoms with Gasteiger partial charge in [0.2, 0.25) is 0 Å². The number of carbonyl (C=O) groups is 1. The molecule has 0 unspecified atom stereocenters. The molecular formula is C10H12ClFN2O. The second-order valence-electron chi connectivity index (χ2n) is 3.00. The molecule has 0 saturated carbocycles. The molecule has 0 aliphatic rings. The predicted molar refractivity (Wildman–Crippen MR) is 57.4 cm³/mol. The molecule has 0 atom stereocenters. The van der Waals surface area contributed by atoms with E-state index in [4.69, 9.17) is 17.3 Å². The van der Waals surface area contributed by atoms with Gasteiger partial charge in [0.1, 0.15) is 0 Å². The Morgan fingerprint density at radius 2 is 2.27 bits per heavy atom. The maximum absolute atomic E-state index is 13.3. The highest BCUT2D eigenvalue weighted by atomic mass is 35.5. The fourth-order valence-corrected chi connectivity index (χ4v) is 1.25. The van der Waals surface area contributed by atoms with Crippen LogP contribution >= 0.6 is 11.6 Å². The van der Waals surface area contributed by atoms with Gasteiger partial charge in [-0.2, -0.15) is 0 Å². The molecule has 15 heavy (non-hydrogen) atoms. The van der Waals surface area contributed by atoms with Crippen molar-refractivity contribution < 1.29 is 9.18 Å². The van der Waals surface area contributed by atoms with Crippen molar-refractivity contribution in [3.05, 3.63) is 34.6 Å². The first kappa shape index (κ1) is 11.9. The van der Waals surface area contributed by atoms with E-state index in [1.807, 2.05) is 0 Å². The lowest BCUT2D eigenvalue weighted by atomic mass is 10.2. The van der Waals surface area contributed by atoms with Crippen LogP contribution in [0.4, 0.5) is 4.39 Å². The second kappa shape index (κ2) is 5.68. The summed E-state index contributed by atoms with van der Waals surface area (Å²) in [6.07, 6.45) is 0.661. The maximum Gasteiger partial charge on any atom is 0.254 e. The number of carbonyl (C=O) groups excluding carboxylic acids is 1. The third kappa shape index (κ3) is 3.18. The lowest BCUT2D eigenvalue weighted by Gasteiger charge is -2.05. The van der Waals surface area contributed by atoms with Gasteiger partial charge in [0.15, 0.2) is 5.82 Å². The molecule has 82 valence electrons. The quantitative estimate of drug-likeness (QED) is 0.772. The summed E-state index contributed by atoms with van der Waals surface area (Å²) in [6, 6.07) is 4.32. The van der Waals surface area contributed by atoms with Crippen LogP contribution in [0.2, 0.25) is 5.02 Å². The van der Waals surface area contributed by atoms with Gasteiger partial charge in [-0.25, -0.2) is 4.39 Å². The summed E-state index contributed by atoms with van der Waals surface area (Å²) in [4.78, 5) is 11.4. The van der Waals surface area contributed by atoms with Crippen LogP contribution in [0.1, 0.15) is 16.8 Å². The van der Waals surface area contributed by atoms with Gasteiger partial charge in [-0.15, -0.1) is 0 Å². The molecule has 0 bridgehead atoms. The SMILES string of the molecule is NCCCNC(=O)c1cccc(Cl)c1F. The fraction of sp³-hybridized carbons (Fsp3) is 0.300. The van der Waals surface area contributed by atoms with Crippen LogP contribution in [0, 0.1) is 5.82 Å². The van der Waals surface area contributed by atoms with Gasteiger partial charge in [0.05, 0.1) is 10.6 Å². The van der Waals surface area contributed by atoms with E-state index < -0.39 is 11.7 Å². The Labute approximate surface area is 92.4 Å². The zero-order valence-electron chi connectivity index (χ0n) is 8.09. The van der Waals surface area contributed by atoms with Crippen LogP contribution in [0.5, 0.6) is 0 Å². The summed E-state index contributed by atoms with van der Waals surface area (Å²) >= 11 is 5.54. The van der Waals surface area contributed by atoms with Crippen molar-refractivity contribution >= 4 is 17.5 Å². The van der Waals surface area contributed by atoms with E-state index in [0.29, 0.717) is 19.5 Å². The van der Waals surface area contributed by atoms with Crippen LogP contribution in [0.3, 0.4) is 0 Å². The zero-order valence-corrected chi connectivity index (χ0v) is 8.85. The molecule has 0 aliphatic carbocycles. The lowest BCUT2D eigenvalue weighted by molar-refractivity contribution is 0.0949. The monoisotopic (exact) mass is 230 g/mol. The second-order valence-corrected chi connectivity index (χ2v) is 3.41. The van der Waals surface area contributed by atoms with Gasteiger partial charge < -0.3 is 11.1 Å². The van der Waals surface area contributed by atoms with Crippen LogP contribution < -0.4 is 11.1 Å². The average molecular weight is 231 g/mol. The molecule has 3 nitrogen and oxygen atoms in total. The van der Waals surface area contributed by atoms with E-state index in [2.05, 4.69) is 5.32 Å². The highest BCUT2D eigenvalue weighted by Crippen LogP contribution is 2.17. The molecule has 1 aromatic carbocycles. The van der Waals surface area contributed by atoms with Crippen molar-refractivity contribution in [1.82, 2.24) is 5.32 Å². The summed E-state index contributed by atoms with van der Waals surface area (Å²) in [6.45, 7) is 0.916. The number of nitrogens with one attached hydrogen (secondary N) is 1. The molecule has 0 heterocycles. The van der Waals surface area contributed by atoms with Gasteiger partial charge in [0.25, 0.3) is 5.91 Å². The number of hydrogen-bond donors (Lipinski definition) is 2. The Hall–Kier alpha value is -1.13. The molecular weight excluding hydrogens is 219 g/mol. The molecule has 5 heteroatoms. The van der Waals surface area contributed by atoms with E-state index in [1.165, 1.54) is 18.2 Å². The normalized spacial score (nSPS) is 10.1. The minimum absolute atomic E-state index is 0.0421.